The Kier molecular flexibility index (Phi) is 13.8. The molecule has 1 aromatic carbocycles. The number of rotatable bonds is 5. The van der Waals surface area contributed by atoms with Gasteiger partial charge in [0.2, 0.25) is 20.7 Å². The number of pyridine rings is 1. The second-order valence-corrected chi connectivity index (χ2v) is 13.2. The molecule has 3 saturated heterocycles. The van der Waals surface area contributed by atoms with E-state index < -0.39 is 25.5 Å². The number of aromatic nitrogens is 1. The standard InChI is InChI=1S/C10H8F2NO3PS.C10H12N2O.C10H17NO.C2H6/c11-10(12,17(15)16)6-1-2-7-5(3-6)4-8(18-7)9(13)14;1-8-3-2-4-10(11-8)9-5-12(6-9)7-13;12-10-7-3-1-2-5-9-6-4-8-11(9)10;1-2/h1-4,15-16H,(H2,13,14);2-4,7,9H,5-6H2,1H3;9H,1-8H2;1-2H3. The number of nitrogens with zero attached hydrogens (tertiary/aromatic N) is 3. The van der Waals surface area contributed by atoms with Gasteiger partial charge in [0, 0.05) is 59.7 Å². The van der Waals surface area contributed by atoms with Gasteiger partial charge >= 0.3 is 5.66 Å². The van der Waals surface area contributed by atoms with Gasteiger partial charge in [-0.15, -0.1) is 11.3 Å². The van der Waals surface area contributed by atoms with Crippen LogP contribution in [0.15, 0.2) is 42.5 Å². The number of thiophene rings is 1. The Morgan fingerprint density at radius 1 is 1.09 bits per heavy atom. The summed E-state index contributed by atoms with van der Waals surface area (Å²) >= 11 is 1.09. The van der Waals surface area contributed by atoms with Crippen molar-refractivity contribution in [3.8, 4) is 0 Å². The molecule has 3 aliphatic heterocycles. The van der Waals surface area contributed by atoms with Crippen molar-refractivity contribution in [3.05, 3.63) is 64.3 Å². The molecule has 3 aromatic rings. The topological polar surface area (TPSA) is 137 Å². The number of benzene rings is 1. The zero-order valence-electron chi connectivity index (χ0n) is 26.0. The minimum atomic E-state index is -3.70. The Bertz CT molecular complexity index is 1430. The van der Waals surface area contributed by atoms with E-state index in [9.17, 15) is 23.2 Å². The van der Waals surface area contributed by atoms with Crippen molar-refractivity contribution in [2.45, 2.75) is 83.3 Å². The van der Waals surface area contributed by atoms with Crippen molar-refractivity contribution < 1.29 is 33.0 Å². The van der Waals surface area contributed by atoms with E-state index in [0.717, 1.165) is 73.7 Å². The monoisotopic (exact) mass is 664 g/mol. The van der Waals surface area contributed by atoms with Crippen LogP contribution >= 0.6 is 19.7 Å². The first-order chi connectivity index (χ1) is 21.5. The van der Waals surface area contributed by atoms with Crippen molar-refractivity contribution >= 4 is 48.0 Å². The summed E-state index contributed by atoms with van der Waals surface area (Å²) < 4.78 is 27.5. The number of aryl methyl sites for hydroxylation is 1. The normalized spacial score (nSPS) is 18.2. The van der Waals surface area contributed by atoms with E-state index in [1.165, 1.54) is 44.2 Å². The fourth-order valence-corrected chi connectivity index (χ4v) is 6.75. The molecular formula is C32H43F2N4O5PS. The number of fused-ring (bicyclic) bond motifs is 2. The number of amides is 3. The Labute approximate surface area is 268 Å². The molecule has 45 heavy (non-hydrogen) atoms. The van der Waals surface area contributed by atoms with Crippen LogP contribution in [-0.2, 0) is 15.3 Å². The lowest BCUT2D eigenvalue weighted by Gasteiger charge is -2.35. The van der Waals surface area contributed by atoms with Crippen molar-refractivity contribution in [2.24, 2.45) is 5.73 Å². The minimum Gasteiger partial charge on any atom is -0.365 e. The summed E-state index contributed by atoms with van der Waals surface area (Å²) in [5.41, 5.74) is 3.05. The maximum Gasteiger partial charge on any atom is 0.339 e. The fourth-order valence-electron chi connectivity index (χ4n) is 5.49. The number of nitrogens with two attached hydrogens (primary N) is 1. The number of carbonyl (C=O) groups excluding carboxylic acids is 3. The Balaban J connectivity index is 0.000000183. The van der Waals surface area contributed by atoms with Crippen molar-refractivity contribution in [1.29, 1.82) is 0 Å². The first-order valence-electron chi connectivity index (χ1n) is 15.3. The van der Waals surface area contributed by atoms with E-state index >= 15 is 0 Å². The third-order valence-corrected chi connectivity index (χ3v) is 9.76. The van der Waals surface area contributed by atoms with Gasteiger partial charge in [0.25, 0.3) is 5.91 Å². The van der Waals surface area contributed by atoms with Gasteiger partial charge in [0.15, 0.2) is 0 Å². The van der Waals surface area contributed by atoms with Crippen LogP contribution in [0.3, 0.4) is 0 Å². The molecule has 9 nitrogen and oxygen atoms in total. The van der Waals surface area contributed by atoms with Gasteiger partial charge in [-0.25, -0.2) is 0 Å². The molecule has 4 N–H and O–H groups in total. The van der Waals surface area contributed by atoms with Crippen molar-refractivity contribution in [1.82, 2.24) is 14.8 Å². The molecule has 0 spiro atoms. The number of likely N-dealkylation sites (tertiary alicyclic amines) is 1. The SMILES string of the molecule is CC.Cc1cccc(C2CN(C=O)C2)n1.NC(=O)c1cc2cc(C(F)(F)P(O)O)ccc2s1.O=C1CCCCCC2CCCN12. The van der Waals surface area contributed by atoms with E-state index in [0.29, 0.717) is 28.0 Å². The van der Waals surface area contributed by atoms with E-state index in [4.69, 9.17) is 15.5 Å². The van der Waals surface area contributed by atoms with E-state index in [-0.39, 0.29) is 4.88 Å². The summed E-state index contributed by atoms with van der Waals surface area (Å²) in [5, 5.41) is 0.419. The maximum atomic E-state index is 13.4. The molecule has 246 valence electrons. The zero-order chi connectivity index (χ0) is 33.1. The molecule has 1 atom stereocenters. The number of hydrogen-bond acceptors (Lipinski definition) is 7. The number of primary amides is 1. The maximum absolute atomic E-state index is 13.4. The largest absolute Gasteiger partial charge is 0.365 e. The predicted octanol–water partition coefficient (Wildman–Crippen LogP) is 6.26. The highest BCUT2D eigenvalue weighted by Gasteiger charge is 2.41. The summed E-state index contributed by atoms with van der Waals surface area (Å²) in [4.78, 5) is 58.8. The summed E-state index contributed by atoms with van der Waals surface area (Å²) in [5.74, 6) is 0.235. The summed E-state index contributed by atoms with van der Waals surface area (Å²) in [6, 6.07) is 11.7. The molecule has 0 saturated carbocycles. The molecule has 2 aromatic heterocycles. The number of hydrogen-bond donors (Lipinski definition) is 3. The second kappa shape index (κ2) is 17.0. The highest BCUT2D eigenvalue weighted by atomic mass is 32.1. The first-order valence-corrected chi connectivity index (χ1v) is 17.4. The van der Waals surface area contributed by atoms with Gasteiger partial charge in [-0.1, -0.05) is 38.8 Å². The zero-order valence-corrected chi connectivity index (χ0v) is 27.7. The number of carbonyl (C=O) groups is 3. The first kappa shape index (κ1) is 36.4. The highest BCUT2D eigenvalue weighted by Crippen LogP contribution is 2.53. The Morgan fingerprint density at radius 3 is 2.44 bits per heavy atom. The average molecular weight is 665 g/mol. The van der Waals surface area contributed by atoms with Crippen LogP contribution in [-0.4, -0.2) is 68.5 Å². The lowest BCUT2D eigenvalue weighted by molar-refractivity contribution is -0.132. The highest BCUT2D eigenvalue weighted by molar-refractivity contribution is 7.46. The molecule has 3 aliphatic rings. The van der Waals surface area contributed by atoms with Crippen LogP contribution in [0.1, 0.15) is 91.3 Å². The summed E-state index contributed by atoms with van der Waals surface area (Å²) in [6.45, 7) is 8.66. The Hall–Kier alpha value is -3.05. The van der Waals surface area contributed by atoms with Crippen LogP contribution < -0.4 is 5.73 Å². The van der Waals surface area contributed by atoms with E-state index in [2.05, 4.69) is 9.88 Å². The van der Waals surface area contributed by atoms with Crippen molar-refractivity contribution in [3.63, 3.8) is 0 Å². The van der Waals surface area contributed by atoms with E-state index in [1.807, 2.05) is 39.0 Å². The van der Waals surface area contributed by atoms with Gasteiger partial charge in [-0.3, -0.25) is 19.4 Å². The molecule has 13 heteroatoms. The smallest absolute Gasteiger partial charge is 0.339 e. The summed E-state index contributed by atoms with van der Waals surface area (Å²) in [6.07, 6.45) is 9.14. The molecule has 3 fully saturated rings. The van der Waals surface area contributed by atoms with Crippen LogP contribution in [0.2, 0.25) is 0 Å². The van der Waals surface area contributed by atoms with Crippen molar-refractivity contribution in [2.75, 3.05) is 19.6 Å². The molecule has 3 amide bonds. The molecule has 0 radical (unpaired) electrons. The number of halogens is 2. The lowest BCUT2D eigenvalue weighted by atomic mass is 9.96. The molecule has 0 aliphatic carbocycles. The van der Waals surface area contributed by atoms with Crippen LogP contribution in [0.25, 0.3) is 10.1 Å². The van der Waals surface area contributed by atoms with Gasteiger partial charge < -0.3 is 25.3 Å². The molecule has 6 rings (SSSR count). The van der Waals surface area contributed by atoms with E-state index in [1.54, 1.807) is 4.90 Å². The quantitative estimate of drug-likeness (QED) is 0.218. The van der Waals surface area contributed by atoms with Gasteiger partial charge in [0.05, 0.1) is 4.88 Å². The third-order valence-electron chi connectivity index (χ3n) is 7.87. The summed E-state index contributed by atoms with van der Waals surface area (Å²) in [7, 11) is -3.40. The second-order valence-electron chi connectivity index (χ2n) is 11.0. The van der Waals surface area contributed by atoms with Crippen LogP contribution in [0.5, 0.6) is 0 Å². The Morgan fingerprint density at radius 2 is 1.80 bits per heavy atom. The van der Waals surface area contributed by atoms with Gasteiger partial charge in [-0.2, -0.15) is 8.78 Å². The predicted molar refractivity (Wildman–Crippen MR) is 174 cm³/mol. The minimum absolute atomic E-state index is 0.265. The molecule has 0 bridgehead atoms. The molecular weight excluding hydrogens is 621 g/mol. The lowest BCUT2D eigenvalue weighted by Crippen LogP contribution is -2.44. The fraction of sp³-hybridized carbons (Fsp3) is 0.500. The molecule has 5 heterocycles. The van der Waals surface area contributed by atoms with Gasteiger partial charge in [0.1, 0.15) is 0 Å². The van der Waals surface area contributed by atoms with Crippen LogP contribution in [0.4, 0.5) is 8.78 Å². The average Bonchev–Trinajstić information content (AvgIpc) is 3.64. The van der Waals surface area contributed by atoms with Gasteiger partial charge in [-0.05, 0) is 68.3 Å². The molecule has 1 unspecified atom stereocenters. The number of alkyl halides is 2. The van der Waals surface area contributed by atoms with Crippen LogP contribution in [0, 0.1) is 6.92 Å². The third kappa shape index (κ3) is 9.72.